The second-order valence-corrected chi connectivity index (χ2v) is 12.4. The number of benzene rings is 6. The van der Waals surface area contributed by atoms with E-state index in [0.29, 0.717) is 0 Å². The molecule has 0 spiro atoms. The first-order valence-corrected chi connectivity index (χ1v) is 16.7. The molecule has 3 heterocycles. The second kappa shape index (κ2) is 11.8. The number of aromatic nitrogens is 3. The highest BCUT2D eigenvalue weighted by molar-refractivity contribution is 6.18. The average Bonchev–Trinajstić information content (AvgIpc) is 3.74. The summed E-state index contributed by atoms with van der Waals surface area (Å²) in [6, 6.07) is 49.2. The molecule has 0 saturated heterocycles. The van der Waals surface area contributed by atoms with E-state index in [1.165, 1.54) is 27.5 Å². The van der Waals surface area contributed by atoms with Crippen molar-refractivity contribution in [1.29, 1.82) is 0 Å². The smallest absolute Gasteiger partial charge is 0.145 e. The first kappa shape index (κ1) is 29.4. The average molecular weight is 644 g/mol. The summed E-state index contributed by atoms with van der Waals surface area (Å²) in [5, 5.41) is 2.47. The van der Waals surface area contributed by atoms with Crippen LogP contribution in [0.5, 0.6) is 0 Å². The lowest BCUT2D eigenvalue weighted by atomic mass is 9.89. The zero-order valence-electron chi connectivity index (χ0n) is 27.5. The normalized spacial score (nSPS) is 12.1. The third kappa shape index (κ3) is 4.41. The highest BCUT2D eigenvalue weighted by Gasteiger charge is 2.28. The van der Waals surface area contributed by atoms with Gasteiger partial charge in [0.1, 0.15) is 5.82 Å². The maximum atomic E-state index is 5.07. The first-order valence-electron chi connectivity index (χ1n) is 16.7. The summed E-state index contributed by atoms with van der Waals surface area (Å²) in [5.41, 5.74) is 13.9. The standard InChI is InChI=1S/C45H33N5/c1-4-36-38(5-2)50(32-17-7-6-8-18-32)45(47-36)30-16-15-19-33(28-30)49-40-24-13-10-21-35(40)44-42(49)27-26-31-29-48(41-25-14-11-22-37(41)46-3)39-23-12-9-20-34(39)43(31)44/h4-28H,1-3,29H2. The molecule has 0 atom stereocenters. The maximum Gasteiger partial charge on any atom is 0.145 e. The monoisotopic (exact) mass is 643 g/mol. The van der Waals surface area contributed by atoms with Crippen LogP contribution in [0.25, 0.3) is 67.8 Å². The van der Waals surface area contributed by atoms with Gasteiger partial charge in [0.05, 0.1) is 33.8 Å². The topological polar surface area (TPSA) is 38.4 Å². The molecular weight excluding hydrogens is 611 g/mol. The molecule has 1 aliphatic rings. The van der Waals surface area contributed by atoms with E-state index in [9.17, 15) is 0 Å². The molecule has 0 bridgehead atoms. The lowest BCUT2D eigenvalue weighted by Crippen LogP contribution is -2.21. The zero-order valence-corrected chi connectivity index (χ0v) is 27.5. The summed E-state index contributed by atoms with van der Waals surface area (Å²) in [7, 11) is 0. The van der Waals surface area contributed by atoms with Gasteiger partial charge in [-0.15, -0.1) is 0 Å². The van der Waals surface area contributed by atoms with Gasteiger partial charge in [-0.2, -0.15) is 0 Å². The van der Waals surface area contributed by atoms with E-state index in [4.69, 9.17) is 4.98 Å². The molecule has 2 aromatic heterocycles. The Labute approximate surface area is 291 Å². The molecule has 0 aliphatic carbocycles. The molecule has 9 rings (SSSR count). The molecule has 0 N–H and O–H groups in total. The van der Waals surface area contributed by atoms with E-state index in [1.807, 2.05) is 36.4 Å². The SMILES string of the molecule is C=Cc1nc(-c2cccc(-n3c4ccccc4c4c5c(ccc43)CN(c3ccccc3N=C)c3ccccc3-5)c2)n(-c2ccccc2)c1C=C. The van der Waals surface area contributed by atoms with Gasteiger partial charge in [-0.3, -0.25) is 9.56 Å². The Morgan fingerprint density at radius 3 is 2.20 bits per heavy atom. The third-order valence-corrected chi connectivity index (χ3v) is 9.77. The quantitative estimate of drug-likeness (QED) is 0.162. The van der Waals surface area contributed by atoms with E-state index in [-0.39, 0.29) is 0 Å². The Morgan fingerprint density at radius 2 is 1.38 bits per heavy atom. The van der Waals surface area contributed by atoms with Crippen molar-refractivity contribution in [2.24, 2.45) is 4.99 Å². The third-order valence-electron chi connectivity index (χ3n) is 9.77. The van der Waals surface area contributed by atoms with E-state index in [2.05, 4.69) is 148 Å². The number of rotatable bonds is 7. The van der Waals surface area contributed by atoms with Crippen molar-refractivity contribution in [3.8, 4) is 33.9 Å². The van der Waals surface area contributed by atoms with Gasteiger partial charge >= 0.3 is 0 Å². The number of hydrogen-bond acceptors (Lipinski definition) is 3. The highest BCUT2D eigenvalue weighted by atomic mass is 15.2. The molecule has 1 aliphatic heterocycles. The van der Waals surface area contributed by atoms with Gasteiger partial charge in [-0.25, -0.2) is 4.98 Å². The highest BCUT2D eigenvalue weighted by Crippen LogP contribution is 2.49. The summed E-state index contributed by atoms with van der Waals surface area (Å²) in [6.07, 6.45) is 3.65. The van der Waals surface area contributed by atoms with E-state index >= 15 is 0 Å². The summed E-state index contributed by atoms with van der Waals surface area (Å²) in [6.45, 7) is 12.8. The molecular formula is C45H33N5. The Morgan fingerprint density at radius 1 is 0.640 bits per heavy atom. The molecule has 0 saturated carbocycles. The van der Waals surface area contributed by atoms with Crippen molar-refractivity contribution in [2.75, 3.05) is 4.90 Å². The molecule has 238 valence electrons. The van der Waals surface area contributed by atoms with Gasteiger partial charge in [-0.1, -0.05) is 98.1 Å². The number of nitrogens with zero attached hydrogens (tertiary/aromatic N) is 5. The lowest BCUT2D eigenvalue weighted by molar-refractivity contribution is 0.963. The molecule has 50 heavy (non-hydrogen) atoms. The van der Waals surface area contributed by atoms with Crippen LogP contribution in [0.3, 0.4) is 0 Å². The van der Waals surface area contributed by atoms with Gasteiger partial charge in [0.25, 0.3) is 0 Å². The van der Waals surface area contributed by atoms with Gasteiger partial charge in [0.15, 0.2) is 0 Å². The Kier molecular flexibility index (Phi) is 6.92. The lowest BCUT2D eigenvalue weighted by Gasteiger charge is -2.34. The molecule has 0 fully saturated rings. The minimum absolute atomic E-state index is 0.725. The van der Waals surface area contributed by atoms with E-state index < -0.39 is 0 Å². The summed E-state index contributed by atoms with van der Waals surface area (Å²) in [5.74, 6) is 0.837. The van der Waals surface area contributed by atoms with Crippen LogP contribution in [0.1, 0.15) is 17.0 Å². The van der Waals surface area contributed by atoms with Crippen molar-refractivity contribution >= 4 is 57.7 Å². The number of hydrogen-bond donors (Lipinski definition) is 0. The van der Waals surface area contributed by atoms with Gasteiger partial charge in [0, 0.05) is 45.5 Å². The fourth-order valence-corrected chi connectivity index (χ4v) is 7.65. The van der Waals surface area contributed by atoms with Gasteiger partial charge < -0.3 is 9.47 Å². The molecule has 8 aromatic rings. The molecule has 0 unspecified atom stereocenters. The fourth-order valence-electron chi connectivity index (χ4n) is 7.65. The van der Waals surface area contributed by atoms with Crippen molar-refractivity contribution < 1.29 is 0 Å². The Hall–Kier alpha value is -6.72. The number of imidazole rings is 1. The van der Waals surface area contributed by atoms with Gasteiger partial charge in [-0.05, 0) is 84.6 Å². The van der Waals surface area contributed by atoms with Crippen molar-refractivity contribution in [3.05, 3.63) is 170 Å². The minimum atomic E-state index is 0.725. The number of aliphatic imine (C=N–C) groups is 1. The largest absolute Gasteiger partial charge is 0.335 e. The zero-order chi connectivity index (χ0) is 33.8. The van der Waals surface area contributed by atoms with Crippen LogP contribution in [-0.2, 0) is 6.54 Å². The number of fused-ring (bicyclic) bond motifs is 7. The predicted molar refractivity (Wildman–Crippen MR) is 210 cm³/mol. The van der Waals surface area contributed by atoms with Crippen LogP contribution in [0.2, 0.25) is 0 Å². The Bertz CT molecular complexity index is 2640. The van der Waals surface area contributed by atoms with Crippen molar-refractivity contribution in [2.45, 2.75) is 6.54 Å². The predicted octanol–water partition coefficient (Wildman–Crippen LogP) is 11.6. The first-order chi connectivity index (χ1) is 24.7. The summed E-state index contributed by atoms with van der Waals surface area (Å²) in [4.78, 5) is 11.8. The molecule has 5 nitrogen and oxygen atoms in total. The summed E-state index contributed by atoms with van der Waals surface area (Å²) < 4.78 is 4.55. The number of para-hydroxylation sites is 5. The van der Waals surface area contributed by atoms with Crippen LogP contribution in [0.15, 0.2) is 158 Å². The second-order valence-electron chi connectivity index (χ2n) is 12.4. The summed E-state index contributed by atoms with van der Waals surface area (Å²) >= 11 is 0. The van der Waals surface area contributed by atoms with Gasteiger partial charge in [0.2, 0.25) is 0 Å². The maximum absolute atomic E-state index is 5.07. The van der Waals surface area contributed by atoms with Crippen LogP contribution in [-0.4, -0.2) is 20.8 Å². The molecule has 5 heteroatoms. The van der Waals surface area contributed by atoms with E-state index in [0.717, 1.165) is 68.8 Å². The minimum Gasteiger partial charge on any atom is -0.335 e. The van der Waals surface area contributed by atoms with Crippen LogP contribution in [0.4, 0.5) is 17.1 Å². The molecule has 6 aromatic carbocycles. The fraction of sp³-hybridized carbons (Fsp3) is 0.0222. The van der Waals surface area contributed by atoms with Crippen LogP contribution >= 0.6 is 0 Å². The van der Waals surface area contributed by atoms with Crippen molar-refractivity contribution in [3.63, 3.8) is 0 Å². The van der Waals surface area contributed by atoms with Crippen LogP contribution < -0.4 is 4.90 Å². The molecule has 0 radical (unpaired) electrons. The van der Waals surface area contributed by atoms with Crippen molar-refractivity contribution in [1.82, 2.24) is 14.1 Å². The van der Waals surface area contributed by atoms with E-state index in [1.54, 1.807) is 6.08 Å². The number of anilines is 2. The Balaban J connectivity index is 1.27. The van der Waals surface area contributed by atoms with Crippen LogP contribution in [0, 0.1) is 0 Å². The molecule has 0 amide bonds.